The van der Waals surface area contributed by atoms with Gasteiger partial charge in [-0.2, -0.15) is 13.2 Å². The van der Waals surface area contributed by atoms with Crippen molar-refractivity contribution in [1.29, 1.82) is 0 Å². The number of carbonyl (C=O) groups excluding carboxylic acids is 1. The number of benzene rings is 1. The first-order valence-corrected chi connectivity index (χ1v) is 8.95. The van der Waals surface area contributed by atoms with Crippen molar-refractivity contribution >= 4 is 17.6 Å². The second-order valence-corrected chi connectivity index (χ2v) is 7.18. The molecule has 0 amide bonds. The lowest BCUT2D eigenvalue weighted by atomic mass is 10.1. The summed E-state index contributed by atoms with van der Waals surface area (Å²) in [5.74, 6) is -2.31. The highest BCUT2D eigenvalue weighted by Gasteiger charge is 2.36. The van der Waals surface area contributed by atoms with Gasteiger partial charge in [0.25, 0.3) is 5.56 Å². The predicted octanol–water partition coefficient (Wildman–Crippen LogP) is 3.23. The Bertz CT molecular complexity index is 1150. The van der Waals surface area contributed by atoms with Crippen LogP contribution in [0.3, 0.4) is 0 Å². The van der Waals surface area contributed by atoms with Gasteiger partial charge in [-0.05, 0) is 19.9 Å². The Morgan fingerprint density at radius 3 is 2.39 bits per heavy atom. The van der Waals surface area contributed by atoms with Gasteiger partial charge in [-0.1, -0.05) is 24.3 Å². The third kappa shape index (κ3) is 4.98. The Labute approximate surface area is 178 Å². The third-order valence-electron chi connectivity index (χ3n) is 4.04. The Kier molecular flexibility index (Phi) is 6.69. The van der Waals surface area contributed by atoms with E-state index >= 15 is 0 Å². The second-order valence-electron chi connectivity index (χ2n) is 6.78. The molecular weight excluding hydrogens is 448 g/mol. The van der Waals surface area contributed by atoms with Crippen LogP contribution < -0.4 is 16.0 Å². The molecule has 0 spiro atoms. The molecule has 7 nitrogen and oxygen atoms in total. The van der Waals surface area contributed by atoms with E-state index in [9.17, 15) is 31.9 Å². The maximum absolute atomic E-state index is 14.5. The Morgan fingerprint density at radius 2 is 1.84 bits per heavy atom. The van der Waals surface area contributed by atoms with E-state index in [0.29, 0.717) is 6.07 Å². The van der Waals surface area contributed by atoms with E-state index in [0.717, 1.165) is 13.1 Å². The number of nitrogens with zero attached hydrogens (tertiary/aromatic N) is 2. The highest BCUT2D eigenvalue weighted by atomic mass is 35.5. The molecular formula is C19H17ClF4N2O5. The van der Waals surface area contributed by atoms with E-state index in [4.69, 9.17) is 21.1 Å². The number of aromatic nitrogens is 2. The molecule has 0 aliphatic carbocycles. The Hall–Kier alpha value is -3.08. The van der Waals surface area contributed by atoms with Crippen LogP contribution in [0.5, 0.6) is 5.75 Å². The van der Waals surface area contributed by atoms with Crippen LogP contribution in [0.4, 0.5) is 17.6 Å². The highest BCUT2D eigenvalue weighted by molar-refractivity contribution is 6.32. The number of halogens is 5. The van der Waals surface area contributed by atoms with Gasteiger partial charge in [-0.25, -0.2) is 18.5 Å². The normalized spacial score (nSPS) is 11.9. The fourth-order valence-corrected chi connectivity index (χ4v) is 2.70. The van der Waals surface area contributed by atoms with Gasteiger partial charge in [0.1, 0.15) is 23.9 Å². The molecule has 0 aliphatic heterocycles. The number of esters is 1. The molecule has 0 radical (unpaired) electrons. The third-order valence-corrected chi connectivity index (χ3v) is 4.34. The van der Waals surface area contributed by atoms with Crippen LogP contribution in [-0.2, 0) is 22.8 Å². The standard InChI is InChI=1S/C19H17ClF4N2O5/c1-5-6-30-16(28)18(2,3)31-13-8-12(11(21)7-10(13)20)26-15(27)9-14(19(22,23)24)25(4)17(26)29/h5,7-9H,1,6H2,2-4H3. The fraction of sp³-hybridized carbons (Fsp3) is 0.316. The molecule has 168 valence electrons. The van der Waals surface area contributed by atoms with Crippen molar-refractivity contribution in [3.05, 3.63) is 68.2 Å². The van der Waals surface area contributed by atoms with E-state index in [2.05, 4.69) is 6.58 Å². The largest absolute Gasteiger partial charge is 0.475 e. The molecule has 2 rings (SSSR count). The molecule has 0 N–H and O–H groups in total. The van der Waals surface area contributed by atoms with Crippen LogP contribution >= 0.6 is 11.6 Å². The van der Waals surface area contributed by atoms with E-state index in [1.54, 1.807) is 0 Å². The average molecular weight is 465 g/mol. The average Bonchev–Trinajstić information content (AvgIpc) is 2.65. The SMILES string of the molecule is C=CCOC(=O)C(C)(C)Oc1cc(-n2c(=O)cc(C(F)(F)F)n(C)c2=O)c(F)cc1Cl. The molecule has 1 aromatic heterocycles. The molecule has 0 unspecified atom stereocenters. The molecule has 12 heteroatoms. The van der Waals surface area contributed by atoms with Gasteiger partial charge < -0.3 is 9.47 Å². The van der Waals surface area contributed by atoms with Crippen LogP contribution in [0.1, 0.15) is 19.5 Å². The van der Waals surface area contributed by atoms with Crippen LogP contribution in [0, 0.1) is 5.82 Å². The lowest BCUT2D eigenvalue weighted by Gasteiger charge is -2.25. The summed E-state index contributed by atoms with van der Waals surface area (Å²) in [6.45, 7) is 5.93. The van der Waals surface area contributed by atoms with Crippen molar-refractivity contribution in [3.8, 4) is 11.4 Å². The van der Waals surface area contributed by atoms with Crippen molar-refractivity contribution < 1.29 is 31.8 Å². The van der Waals surface area contributed by atoms with Gasteiger partial charge in [0, 0.05) is 19.2 Å². The van der Waals surface area contributed by atoms with E-state index in [1.807, 2.05) is 0 Å². The zero-order valence-electron chi connectivity index (χ0n) is 16.5. The van der Waals surface area contributed by atoms with Crippen LogP contribution in [0.15, 0.2) is 40.4 Å². The molecule has 0 atom stereocenters. The summed E-state index contributed by atoms with van der Waals surface area (Å²) in [4.78, 5) is 36.8. The molecule has 31 heavy (non-hydrogen) atoms. The van der Waals surface area contributed by atoms with Crippen LogP contribution in [0.2, 0.25) is 5.02 Å². The molecule has 0 saturated heterocycles. The zero-order valence-corrected chi connectivity index (χ0v) is 17.3. The summed E-state index contributed by atoms with van der Waals surface area (Å²) in [6.07, 6.45) is -3.65. The van der Waals surface area contributed by atoms with E-state index in [-0.39, 0.29) is 32.6 Å². The molecule has 0 saturated carbocycles. The van der Waals surface area contributed by atoms with Crippen LogP contribution in [-0.4, -0.2) is 27.3 Å². The Morgan fingerprint density at radius 1 is 1.23 bits per heavy atom. The fourth-order valence-electron chi connectivity index (χ4n) is 2.51. The second kappa shape index (κ2) is 8.58. The summed E-state index contributed by atoms with van der Waals surface area (Å²) in [7, 11) is 0.783. The molecule has 1 aromatic carbocycles. The summed E-state index contributed by atoms with van der Waals surface area (Å²) in [6, 6.07) is 1.68. The number of carbonyl (C=O) groups is 1. The number of alkyl halides is 3. The number of hydrogen-bond acceptors (Lipinski definition) is 5. The summed E-state index contributed by atoms with van der Waals surface area (Å²) in [5.41, 5.74) is -6.72. The van der Waals surface area contributed by atoms with Crippen LogP contribution in [0.25, 0.3) is 5.69 Å². The van der Waals surface area contributed by atoms with Crippen molar-refractivity contribution in [1.82, 2.24) is 9.13 Å². The van der Waals surface area contributed by atoms with E-state index in [1.165, 1.54) is 19.9 Å². The number of rotatable bonds is 6. The topological polar surface area (TPSA) is 79.5 Å². The van der Waals surface area contributed by atoms with Crippen molar-refractivity contribution in [2.45, 2.75) is 25.6 Å². The maximum Gasteiger partial charge on any atom is 0.431 e. The smallest absolute Gasteiger partial charge is 0.431 e. The van der Waals surface area contributed by atoms with Crippen molar-refractivity contribution in [2.75, 3.05) is 6.61 Å². The predicted molar refractivity (Wildman–Crippen MR) is 103 cm³/mol. The summed E-state index contributed by atoms with van der Waals surface area (Å²) in [5, 5.41) is -0.317. The van der Waals surface area contributed by atoms with Gasteiger partial charge >= 0.3 is 17.8 Å². The molecule has 0 aliphatic rings. The number of ether oxygens (including phenoxy) is 2. The van der Waals surface area contributed by atoms with Gasteiger partial charge in [-0.15, -0.1) is 0 Å². The quantitative estimate of drug-likeness (QED) is 0.372. The molecule has 1 heterocycles. The first-order chi connectivity index (χ1) is 14.2. The first kappa shape index (κ1) is 24.2. The lowest BCUT2D eigenvalue weighted by molar-refractivity contribution is -0.158. The minimum Gasteiger partial charge on any atom is -0.475 e. The van der Waals surface area contributed by atoms with Gasteiger partial charge in [-0.3, -0.25) is 9.36 Å². The molecule has 0 fully saturated rings. The maximum atomic E-state index is 14.5. The minimum atomic E-state index is -4.98. The Balaban J connectivity index is 2.63. The van der Waals surface area contributed by atoms with Crippen molar-refractivity contribution in [2.24, 2.45) is 7.05 Å². The molecule has 0 bridgehead atoms. The van der Waals surface area contributed by atoms with Gasteiger partial charge in [0.2, 0.25) is 0 Å². The zero-order chi connectivity index (χ0) is 23.7. The monoisotopic (exact) mass is 464 g/mol. The highest BCUT2D eigenvalue weighted by Crippen LogP contribution is 2.32. The van der Waals surface area contributed by atoms with Crippen molar-refractivity contribution in [3.63, 3.8) is 0 Å². The first-order valence-electron chi connectivity index (χ1n) is 8.57. The summed E-state index contributed by atoms with van der Waals surface area (Å²) >= 11 is 5.95. The van der Waals surface area contributed by atoms with Gasteiger partial charge in [0.05, 0.1) is 10.7 Å². The minimum absolute atomic E-state index is 0.106. The number of hydrogen-bond donors (Lipinski definition) is 0. The van der Waals surface area contributed by atoms with E-state index < -0.39 is 46.2 Å². The molecule has 2 aromatic rings. The van der Waals surface area contributed by atoms with Gasteiger partial charge in [0.15, 0.2) is 5.60 Å². The lowest BCUT2D eigenvalue weighted by Crippen LogP contribution is -2.41. The summed E-state index contributed by atoms with van der Waals surface area (Å²) < 4.78 is 64.3.